The SMILES string of the molecule is COC(=N)CCCCCCCNC(=O)COc1ccc(NC(=O)c2ccc(C(=N)N(C)C)cc2)c(C(=O)Nc2ccccn2)c1. The number of nitrogens with zero attached hydrogens (tertiary/aromatic N) is 2. The Bertz CT molecular complexity index is 1460. The Morgan fingerprint density at radius 2 is 1.56 bits per heavy atom. The second kappa shape index (κ2) is 17.8. The van der Waals surface area contributed by atoms with Crippen LogP contribution in [0.4, 0.5) is 11.5 Å². The molecule has 0 unspecified atom stereocenters. The second-order valence-corrected chi connectivity index (χ2v) is 10.4. The molecule has 0 radical (unpaired) electrons. The van der Waals surface area contributed by atoms with Gasteiger partial charge in [-0.1, -0.05) is 37.5 Å². The molecule has 0 saturated carbocycles. The number of carbonyl (C=O) groups excluding carboxylic acids is 3. The number of amides is 3. The zero-order chi connectivity index (χ0) is 32.6. The number of ether oxygens (including phenoxy) is 2. The van der Waals surface area contributed by atoms with Crippen molar-refractivity contribution < 1.29 is 23.9 Å². The highest BCUT2D eigenvalue weighted by molar-refractivity contribution is 6.12. The Hall–Kier alpha value is -5.26. The number of anilines is 2. The number of unbranched alkanes of at least 4 members (excludes halogenated alkanes) is 4. The highest BCUT2D eigenvalue weighted by atomic mass is 16.5. The minimum atomic E-state index is -0.521. The third-order valence-electron chi connectivity index (χ3n) is 6.78. The van der Waals surface area contributed by atoms with Crippen LogP contribution in [0.15, 0.2) is 66.9 Å². The molecule has 0 fully saturated rings. The molecule has 1 heterocycles. The van der Waals surface area contributed by atoms with Gasteiger partial charge >= 0.3 is 0 Å². The van der Waals surface area contributed by atoms with Crippen LogP contribution in [-0.4, -0.2) is 73.7 Å². The van der Waals surface area contributed by atoms with Crippen molar-refractivity contribution in [2.75, 3.05) is 45.0 Å². The number of hydrogen-bond acceptors (Lipinski definition) is 8. The number of carbonyl (C=O) groups is 3. The van der Waals surface area contributed by atoms with Crippen molar-refractivity contribution >= 4 is 41.0 Å². The van der Waals surface area contributed by atoms with E-state index < -0.39 is 11.8 Å². The van der Waals surface area contributed by atoms with Crippen LogP contribution in [0, 0.1) is 10.8 Å². The van der Waals surface area contributed by atoms with Gasteiger partial charge in [0, 0.05) is 44.4 Å². The molecule has 238 valence electrons. The largest absolute Gasteiger partial charge is 0.484 e. The summed E-state index contributed by atoms with van der Waals surface area (Å²) in [5, 5.41) is 23.9. The summed E-state index contributed by atoms with van der Waals surface area (Å²) in [5.41, 5.74) is 1.38. The van der Waals surface area contributed by atoms with E-state index in [1.807, 2.05) is 0 Å². The van der Waals surface area contributed by atoms with Crippen LogP contribution >= 0.6 is 0 Å². The van der Waals surface area contributed by atoms with E-state index in [4.69, 9.17) is 20.3 Å². The second-order valence-electron chi connectivity index (χ2n) is 10.4. The molecule has 0 saturated heterocycles. The normalized spacial score (nSPS) is 10.4. The first-order chi connectivity index (χ1) is 21.7. The van der Waals surface area contributed by atoms with Gasteiger partial charge in [-0.25, -0.2) is 4.98 Å². The molecule has 5 N–H and O–H groups in total. The maximum Gasteiger partial charge on any atom is 0.259 e. The van der Waals surface area contributed by atoms with E-state index in [0.29, 0.717) is 41.6 Å². The summed E-state index contributed by atoms with van der Waals surface area (Å²) in [7, 11) is 5.04. The highest BCUT2D eigenvalue weighted by Gasteiger charge is 2.18. The molecule has 0 atom stereocenters. The number of amidine groups is 1. The number of methoxy groups -OCH3 is 1. The Kier molecular flexibility index (Phi) is 13.5. The van der Waals surface area contributed by atoms with Crippen molar-refractivity contribution in [3.8, 4) is 5.75 Å². The van der Waals surface area contributed by atoms with E-state index in [-0.39, 0.29) is 29.5 Å². The summed E-state index contributed by atoms with van der Waals surface area (Å²) in [5.74, 6) is -0.0207. The van der Waals surface area contributed by atoms with Gasteiger partial charge in [-0.3, -0.25) is 25.2 Å². The van der Waals surface area contributed by atoms with Gasteiger partial charge in [0.2, 0.25) is 0 Å². The van der Waals surface area contributed by atoms with Crippen molar-refractivity contribution in [3.63, 3.8) is 0 Å². The molecule has 2 aromatic carbocycles. The third kappa shape index (κ3) is 11.4. The summed E-state index contributed by atoms with van der Waals surface area (Å²) in [6.45, 7) is 0.288. The van der Waals surface area contributed by atoms with Crippen LogP contribution in [0.1, 0.15) is 64.8 Å². The Morgan fingerprint density at radius 3 is 2.24 bits per heavy atom. The summed E-state index contributed by atoms with van der Waals surface area (Å²) < 4.78 is 10.5. The first-order valence-electron chi connectivity index (χ1n) is 14.7. The van der Waals surface area contributed by atoms with E-state index in [2.05, 4.69) is 20.9 Å². The molecule has 0 aliphatic rings. The number of aromatic nitrogens is 1. The highest BCUT2D eigenvalue weighted by Crippen LogP contribution is 2.24. The average Bonchev–Trinajstić information content (AvgIpc) is 3.05. The molecule has 3 aromatic rings. The average molecular weight is 616 g/mol. The molecule has 0 aliphatic heterocycles. The Labute approximate surface area is 263 Å². The number of nitrogens with one attached hydrogen (secondary N) is 5. The summed E-state index contributed by atoms with van der Waals surface area (Å²) >= 11 is 0. The monoisotopic (exact) mass is 615 g/mol. The molecule has 3 rings (SSSR count). The molecule has 12 heteroatoms. The van der Waals surface area contributed by atoms with Gasteiger partial charge < -0.3 is 30.3 Å². The number of hydrogen-bond donors (Lipinski definition) is 5. The minimum absolute atomic E-state index is 0.124. The van der Waals surface area contributed by atoms with E-state index in [9.17, 15) is 14.4 Å². The summed E-state index contributed by atoms with van der Waals surface area (Å²) in [6.07, 6.45) is 6.92. The minimum Gasteiger partial charge on any atom is -0.484 e. The maximum atomic E-state index is 13.3. The van der Waals surface area contributed by atoms with Crippen molar-refractivity contribution in [2.24, 2.45) is 0 Å². The molecule has 1 aromatic heterocycles. The molecule has 12 nitrogen and oxygen atoms in total. The zero-order valence-corrected chi connectivity index (χ0v) is 25.9. The summed E-state index contributed by atoms with van der Waals surface area (Å²) in [4.78, 5) is 44.5. The lowest BCUT2D eigenvalue weighted by Gasteiger charge is -2.15. The van der Waals surface area contributed by atoms with Gasteiger partial charge in [-0.05, 0) is 55.3 Å². The van der Waals surface area contributed by atoms with E-state index in [1.165, 1.54) is 13.2 Å². The number of pyridine rings is 1. The van der Waals surface area contributed by atoms with Crippen LogP contribution < -0.4 is 20.7 Å². The number of benzene rings is 2. The van der Waals surface area contributed by atoms with Crippen molar-refractivity contribution in [1.82, 2.24) is 15.2 Å². The smallest absolute Gasteiger partial charge is 0.259 e. The van der Waals surface area contributed by atoms with E-state index in [1.54, 1.807) is 79.8 Å². The predicted molar refractivity (Wildman–Crippen MR) is 174 cm³/mol. The molecule has 3 amide bonds. The van der Waals surface area contributed by atoms with Crippen LogP contribution in [0.5, 0.6) is 5.75 Å². The quantitative estimate of drug-likeness (QED) is 0.0864. The van der Waals surface area contributed by atoms with Crippen LogP contribution in [0.3, 0.4) is 0 Å². The molecular formula is C33H41N7O5. The van der Waals surface area contributed by atoms with Crippen LogP contribution in [-0.2, 0) is 9.53 Å². The first-order valence-corrected chi connectivity index (χ1v) is 14.7. The van der Waals surface area contributed by atoms with Crippen molar-refractivity contribution in [3.05, 3.63) is 83.6 Å². The molecular weight excluding hydrogens is 574 g/mol. The van der Waals surface area contributed by atoms with Gasteiger partial charge in [-0.15, -0.1) is 0 Å². The van der Waals surface area contributed by atoms with E-state index in [0.717, 1.165) is 32.1 Å². The van der Waals surface area contributed by atoms with E-state index >= 15 is 0 Å². The van der Waals surface area contributed by atoms with Gasteiger partial charge in [0.05, 0.1) is 18.4 Å². The fourth-order valence-corrected chi connectivity index (χ4v) is 4.23. The lowest BCUT2D eigenvalue weighted by molar-refractivity contribution is -0.123. The van der Waals surface area contributed by atoms with Gasteiger partial charge in [0.25, 0.3) is 17.7 Å². The predicted octanol–water partition coefficient (Wildman–Crippen LogP) is 4.93. The first kappa shape index (κ1) is 34.2. The van der Waals surface area contributed by atoms with Crippen molar-refractivity contribution in [1.29, 1.82) is 10.8 Å². The zero-order valence-electron chi connectivity index (χ0n) is 25.9. The molecule has 0 bridgehead atoms. The maximum absolute atomic E-state index is 13.3. The topological polar surface area (TPSA) is 170 Å². The third-order valence-corrected chi connectivity index (χ3v) is 6.78. The standard InChI is InChI=1S/C33H41N7O5/c1-40(2)31(35)23-13-15-24(16-14-23)32(42)38-27-18-17-25(21-26(27)33(43)39-29-12-8-10-19-36-29)45-22-30(41)37-20-9-6-4-5-7-11-28(34)44-3/h8,10,12-19,21,34-35H,4-7,9,11,20,22H2,1-3H3,(H,37,41)(H,38,42)(H,36,39,43). The Balaban J connectivity index is 1.60. The fraction of sp³-hybridized carbons (Fsp3) is 0.333. The lowest BCUT2D eigenvalue weighted by atomic mass is 10.1. The Morgan fingerprint density at radius 1 is 0.844 bits per heavy atom. The van der Waals surface area contributed by atoms with Gasteiger partial charge in [-0.2, -0.15) is 0 Å². The number of rotatable bonds is 16. The van der Waals surface area contributed by atoms with Gasteiger partial charge in [0.15, 0.2) is 12.5 Å². The lowest BCUT2D eigenvalue weighted by Crippen LogP contribution is -2.29. The van der Waals surface area contributed by atoms with Crippen molar-refractivity contribution in [2.45, 2.75) is 38.5 Å². The molecule has 45 heavy (non-hydrogen) atoms. The van der Waals surface area contributed by atoms with Crippen LogP contribution in [0.2, 0.25) is 0 Å². The van der Waals surface area contributed by atoms with Crippen LogP contribution in [0.25, 0.3) is 0 Å². The fourth-order valence-electron chi connectivity index (χ4n) is 4.23. The molecule has 0 aliphatic carbocycles. The summed E-state index contributed by atoms with van der Waals surface area (Å²) in [6, 6.07) is 16.3. The van der Waals surface area contributed by atoms with Gasteiger partial charge in [0.1, 0.15) is 17.4 Å². The molecule has 0 spiro atoms.